The third-order valence-corrected chi connectivity index (χ3v) is 8.46. The third kappa shape index (κ3) is 9.07. The Morgan fingerprint density at radius 3 is 1.88 bits per heavy atom. The van der Waals surface area contributed by atoms with Crippen molar-refractivity contribution < 1.29 is 37.4 Å². The first-order valence-corrected chi connectivity index (χ1v) is 16.4. The number of nitrogens with zero attached hydrogens (tertiary/aromatic N) is 1. The summed E-state index contributed by atoms with van der Waals surface area (Å²) in [7, 11) is 0. The van der Waals surface area contributed by atoms with E-state index in [2.05, 4.69) is 10.6 Å². The molecule has 1 saturated carbocycles. The minimum absolute atomic E-state index is 0.0657. The topological polar surface area (TPSA) is 114 Å². The van der Waals surface area contributed by atoms with Gasteiger partial charge in [-0.15, -0.1) is 23.2 Å². The van der Waals surface area contributed by atoms with E-state index in [1.54, 1.807) is 12.1 Å². The van der Waals surface area contributed by atoms with Gasteiger partial charge in [0, 0.05) is 21.7 Å². The molecule has 9 nitrogen and oxygen atoms in total. The Morgan fingerprint density at radius 2 is 1.35 bits per heavy atom. The normalized spacial score (nSPS) is 16.8. The maximum atomic E-state index is 15.9. The van der Waals surface area contributed by atoms with E-state index in [-0.39, 0.29) is 21.2 Å². The summed E-state index contributed by atoms with van der Waals surface area (Å²) in [4.78, 5) is 52.7. The lowest BCUT2D eigenvalue weighted by Gasteiger charge is -2.29. The first kappa shape index (κ1) is 38.5. The van der Waals surface area contributed by atoms with Crippen molar-refractivity contribution in [2.45, 2.75) is 63.0 Å². The number of hydrogen-bond donors (Lipinski definition) is 2. The van der Waals surface area contributed by atoms with Crippen molar-refractivity contribution in [1.82, 2.24) is 0 Å². The molecule has 16 heteroatoms. The van der Waals surface area contributed by atoms with Crippen molar-refractivity contribution in [1.29, 1.82) is 0 Å². The van der Waals surface area contributed by atoms with Crippen LogP contribution in [0.15, 0.2) is 48.5 Å². The Hall–Kier alpha value is -3.35. The SMILES string of the molecule is CC(C)(C)OC(=O)N(C(=O)OC(C)(C)C)c1c(F)ccc(NC(=O)c2cc(NC(=O)C3C(c4cc(Cl)cc(Cl)c4)C3(Cl)Cl)ccc2Cl)c1F. The molecule has 262 valence electrons. The zero-order valence-corrected chi connectivity index (χ0v) is 30.6. The molecule has 2 N–H and O–H groups in total. The van der Waals surface area contributed by atoms with Gasteiger partial charge in [0.25, 0.3) is 5.91 Å². The molecular weight excluding hydrogens is 750 g/mol. The molecule has 1 fully saturated rings. The highest BCUT2D eigenvalue weighted by Crippen LogP contribution is 2.65. The van der Waals surface area contributed by atoms with Gasteiger partial charge >= 0.3 is 12.2 Å². The first-order chi connectivity index (χ1) is 22.5. The van der Waals surface area contributed by atoms with Crippen LogP contribution in [0.25, 0.3) is 0 Å². The predicted molar refractivity (Wildman–Crippen MR) is 186 cm³/mol. The second-order valence-corrected chi connectivity index (χ2v) is 15.7. The lowest BCUT2D eigenvalue weighted by molar-refractivity contribution is -0.117. The number of alkyl halides is 2. The van der Waals surface area contributed by atoms with Crippen LogP contribution in [-0.4, -0.2) is 39.5 Å². The molecule has 0 heterocycles. The van der Waals surface area contributed by atoms with Crippen molar-refractivity contribution in [3.63, 3.8) is 0 Å². The van der Waals surface area contributed by atoms with Gasteiger partial charge in [-0.1, -0.05) is 34.8 Å². The van der Waals surface area contributed by atoms with Crippen LogP contribution < -0.4 is 15.5 Å². The monoisotopic (exact) mass is 777 g/mol. The van der Waals surface area contributed by atoms with E-state index in [1.807, 2.05) is 0 Å². The Morgan fingerprint density at radius 1 is 0.796 bits per heavy atom. The van der Waals surface area contributed by atoms with Crippen molar-refractivity contribution >= 4 is 99.1 Å². The van der Waals surface area contributed by atoms with Gasteiger partial charge in [0.2, 0.25) is 5.91 Å². The smallest absolute Gasteiger partial charge is 0.424 e. The summed E-state index contributed by atoms with van der Waals surface area (Å²) < 4.78 is 40.1. The van der Waals surface area contributed by atoms with Crippen LogP contribution in [0.2, 0.25) is 15.1 Å². The number of rotatable bonds is 6. The summed E-state index contributed by atoms with van der Waals surface area (Å²) in [6, 6.07) is 10.2. The molecule has 1 aliphatic rings. The van der Waals surface area contributed by atoms with Crippen LogP contribution in [0.1, 0.15) is 63.4 Å². The molecule has 4 amide bonds. The largest absolute Gasteiger partial charge is 0.443 e. The zero-order chi connectivity index (χ0) is 36.8. The van der Waals surface area contributed by atoms with E-state index in [4.69, 9.17) is 67.5 Å². The van der Waals surface area contributed by atoms with Crippen molar-refractivity contribution in [2.24, 2.45) is 5.92 Å². The van der Waals surface area contributed by atoms with Gasteiger partial charge in [-0.25, -0.2) is 18.4 Å². The molecular formula is C33H30Cl5F2N3O6. The number of anilines is 3. The van der Waals surface area contributed by atoms with Crippen LogP contribution >= 0.6 is 58.0 Å². The molecule has 3 aromatic carbocycles. The number of ether oxygens (including phenoxy) is 2. The number of nitrogens with one attached hydrogen (secondary N) is 2. The fourth-order valence-corrected chi connectivity index (χ4v) is 6.30. The van der Waals surface area contributed by atoms with Gasteiger partial charge in [0.05, 0.1) is 22.2 Å². The minimum Gasteiger partial charge on any atom is -0.443 e. The van der Waals surface area contributed by atoms with Crippen LogP contribution in [0.5, 0.6) is 0 Å². The molecule has 0 aliphatic heterocycles. The first-order valence-electron chi connectivity index (χ1n) is 14.5. The van der Waals surface area contributed by atoms with Crippen molar-refractivity contribution in [3.8, 4) is 0 Å². The maximum absolute atomic E-state index is 15.9. The summed E-state index contributed by atoms with van der Waals surface area (Å²) in [6.07, 6.45) is -2.85. The van der Waals surface area contributed by atoms with Crippen molar-refractivity contribution in [3.05, 3.63) is 86.4 Å². The van der Waals surface area contributed by atoms with Crippen LogP contribution in [0.4, 0.5) is 35.4 Å². The highest BCUT2D eigenvalue weighted by atomic mass is 35.5. The summed E-state index contributed by atoms with van der Waals surface area (Å²) in [5.74, 6) is -5.95. The second kappa shape index (κ2) is 14.1. The molecule has 0 spiro atoms. The fraction of sp³-hybridized carbons (Fsp3) is 0.333. The molecule has 2 atom stereocenters. The summed E-state index contributed by atoms with van der Waals surface area (Å²) >= 11 is 31.4. The number of carbonyl (C=O) groups is 4. The van der Waals surface area contributed by atoms with E-state index >= 15 is 8.78 Å². The number of amides is 4. The lowest BCUT2D eigenvalue weighted by atomic mass is 10.1. The molecule has 4 rings (SSSR count). The van der Waals surface area contributed by atoms with Crippen LogP contribution in [-0.2, 0) is 14.3 Å². The van der Waals surface area contributed by atoms with Gasteiger partial charge in [-0.2, -0.15) is 4.90 Å². The van der Waals surface area contributed by atoms with Crippen LogP contribution in [0.3, 0.4) is 0 Å². The summed E-state index contributed by atoms with van der Waals surface area (Å²) in [6.45, 7) is 8.93. The molecule has 2 unspecified atom stereocenters. The molecule has 0 bridgehead atoms. The lowest BCUT2D eigenvalue weighted by Crippen LogP contribution is -2.44. The third-order valence-electron chi connectivity index (χ3n) is 6.75. The predicted octanol–water partition coefficient (Wildman–Crippen LogP) is 10.4. The van der Waals surface area contributed by atoms with Crippen LogP contribution in [0, 0.1) is 17.6 Å². The highest BCUT2D eigenvalue weighted by Gasteiger charge is 2.67. The summed E-state index contributed by atoms with van der Waals surface area (Å²) in [5, 5.41) is 5.46. The van der Waals surface area contributed by atoms with Gasteiger partial charge < -0.3 is 20.1 Å². The zero-order valence-electron chi connectivity index (χ0n) is 26.8. The quantitative estimate of drug-likeness (QED) is 0.241. The van der Waals surface area contributed by atoms with E-state index in [0.29, 0.717) is 15.6 Å². The molecule has 0 aromatic heterocycles. The Labute approximate surface area is 306 Å². The van der Waals surface area contributed by atoms with Gasteiger partial charge in [-0.3, -0.25) is 9.59 Å². The van der Waals surface area contributed by atoms with E-state index < -0.39 is 74.4 Å². The minimum atomic E-state index is -1.49. The molecule has 3 aromatic rings. The number of hydrogen-bond acceptors (Lipinski definition) is 6. The molecule has 0 radical (unpaired) electrons. The molecule has 0 saturated heterocycles. The Bertz CT molecular complexity index is 1800. The van der Waals surface area contributed by atoms with E-state index in [9.17, 15) is 19.2 Å². The standard InChI is InChI=1S/C33H30Cl5F2N3O6/c1-31(2,3)48-29(46)43(30(47)49-32(4,5)6)26-21(39)9-10-22(25(26)40)42-27(44)19-14-18(7-8-20(19)36)41-28(45)24-23(33(24,37)38)15-11-16(34)13-17(35)12-15/h7-14,23-24H,1-6H3,(H,41,45)(H,42,44). The number of imide groups is 1. The number of carbonyl (C=O) groups excluding carboxylic acids is 4. The maximum Gasteiger partial charge on any atom is 0.424 e. The number of halogens is 7. The van der Waals surface area contributed by atoms with E-state index in [1.165, 1.54) is 65.8 Å². The second-order valence-electron chi connectivity index (χ2n) is 13.0. The van der Waals surface area contributed by atoms with Gasteiger partial charge in [-0.05, 0) is 95.6 Å². The summed E-state index contributed by atoms with van der Waals surface area (Å²) in [5.41, 5.74) is -3.66. The van der Waals surface area contributed by atoms with Gasteiger partial charge in [0.15, 0.2) is 11.6 Å². The Kier molecular flexibility index (Phi) is 11.1. The average molecular weight is 780 g/mol. The highest BCUT2D eigenvalue weighted by molar-refractivity contribution is 6.53. The molecule has 1 aliphatic carbocycles. The van der Waals surface area contributed by atoms with E-state index in [0.717, 1.165) is 12.1 Å². The molecule has 49 heavy (non-hydrogen) atoms. The number of benzene rings is 3. The van der Waals surface area contributed by atoms with Gasteiger partial charge in [0.1, 0.15) is 21.2 Å². The average Bonchev–Trinajstić information content (AvgIpc) is 3.52. The fourth-order valence-electron chi connectivity index (χ4n) is 4.72. The van der Waals surface area contributed by atoms with Crippen molar-refractivity contribution in [2.75, 3.05) is 15.5 Å². The Balaban J connectivity index is 1.60.